The molecule has 0 spiro atoms. The van der Waals surface area contributed by atoms with E-state index in [0.29, 0.717) is 16.5 Å². The molecule has 2 aromatic rings. The minimum absolute atomic E-state index is 0.0575. The molecule has 0 atom stereocenters. The number of nitro benzene ring substituents is 1. The Morgan fingerprint density at radius 3 is 2.83 bits per heavy atom. The van der Waals surface area contributed by atoms with Gasteiger partial charge < -0.3 is 5.32 Å². The van der Waals surface area contributed by atoms with Crippen LogP contribution in [0.1, 0.15) is 11.1 Å². The average Bonchev–Trinajstić information content (AvgIpc) is 2.51. The molecule has 0 unspecified atom stereocenters. The quantitative estimate of drug-likeness (QED) is 0.618. The first-order chi connectivity index (χ1) is 11.0. The Morgan fingerprint density at radius 2 is 2.09 bits per heavy atom. The molecule has 1 N–H and O–H groups in total. The number of rotatable bonds is 6. The Bertz CT molecular complexity index is 737. The number of carbonyl (C=O) groups excluding carboxylic acids is 1. The van der Waals surface area contributed by atoms with Gasteiger partial charge >= 0.3 is 0 Å². The van der Waals surface area contributed by atoms with Crippen LogP contribution in [0.5, 0.6) is 0 Å². The van der Waals surface area contributed by atoms with E-state index in [2.05, 4.69) is 5.32 Å². The minimum Gasteiger partial charge on any atom is -0.325 e. The van der Waals surface area contributed by atoms with Crippen LogP contribution >= 0.6 is 23.4 Å². The number of carbonyl (C=O) groups is 1. The lowest BCUT2D eigenvalue weighted by atomic mass is 10.2. The van der Waals surface area contributed by atoms with Gasteiger partial charge in [0.25, 0.3) is 5.69 Å². The number of hydrogen-bond acceptors (Lipinski definition) is 4. The van der Waals surface area contributed by atoms with Crippen molar-refractivity contribution >= 4 is 40.6 Å². The molecule has 0 aliphatic carbocycles. The molecule has 0 aliphatic rings. The molecule has 2 rings (SSSR count). The van der Waals surface area contributed by atoms with Crippen molar-refractivity contribution in [1.29, 1.82) is 0 Å². The van der Waals surface area contributed by atoms with E-state index in [-0.39, 0.29) is 17.3 Å². The van der Waals surface area contributed by atoms with Gasteiger partial charge in [-0.15, -0.1) is 11.8 Å². The number of amides is 1. The molecule has 0 fully saturated rings. The summed E-state index contributed by atoms with van der Waals surface area (Å²) in [4.78, 5) is 22.3. The van der Waals surface area contributed by atoms with Crippen LogP contribution in [0, 0.1) is 17.0 Å². The highest BCUT2D eigenvalue weighted by Gasteiger charge is 2.08. The topological polar surface area (TPSA) is 72.2 Å². The van der Waals surface area contributed by atoms with Crippen molar-refractivity contribution in [1.82, 2.24) is 0 Å². The number of hydrogen-bond donors (Lipinski definition) is 1. The van der Waals surface area contributed by atoms with Crippen molar-refractivity contribution < 1.29 is 9.72 Å². The van der Waals surface area contributed by atoms with E-state index in [1.54, 1.807) is 24.3 Å². The monoisotopic (exact) mass is 350 g/mol. The van der Waals surface area contributed by atoms with E-state index in [9.17, 15) is 14.9 Å². The van der Waals surface area contributed by atoms with Gasteiger partial charge in [-0.25, -0.2) is 0 Å². The van der Waals surface area contributed by atoms with E-state index in [4.69, 9.17) is 11.6 Å². The van der Waals surface area contributed by atoms with E-state index in [1.807, 2.05) is 13.0 Å². The van der Waals surface area contributed by atoms with E-state index in [1.165, 1.54) is 23.9 Å². The summed E-state index contributed by atoms with van der Waals surface area (Å²) in [6.45, 7) is 1.89. The number of halogens is 1. The zero-order valence-corrected chi connectivity index (χ0v) is 14.0. The van der Waals surface area contributed by atoms with Gasteiger partial charge in [-0.05, 0) is 30.2 Å². The summed E-state index contributed by atoms with van der Waals surface area (Å²) >= 11 is 7.31. The summed E-state index contributed by atoms with van der Waals surface area (Å²) in [7, 11) is 0. The predicted octanol–water partition coefficient (Wildman–Crippen LogP) is 4.43. The predicted molar refractivity (Wildman–Crippen MR) is 94.1 cm³/mol. The lowest BCUT2D eigenvalue weighted by Crippen LogP contribution is -2.15. The normalized spacial score (nSPS) is 10.3. The Kier molecular flexibility index (Phi) is 6.01. The first-order valence-electron chi connectivity index (χ1n) is 6.83. The molecule has 0 radical (unpaired) electrons. The summed E-state index contributed by atoms with van der Waals surface area (Å²) in [5.41, 5.74) is 2.50. The molecule has 0 heterocycles. The number of non-ortho nitro benzene ring substituents is 1. The minimum atomic E-state index is -0.428. The van der Waals surface area contributed by atoms with E-state index < -0.39 is 4.92 Å². The molecule has 23 heavy (non-hydrogen) atoms. The Labute approximate surface area is 143 Å². The first-order valence-corrected chi connectivity index (χ1v) is 8.36. The van der Waals surface area contributed by atoms with Crippen LogP contribution in [0.3, 0.4) is 0 Å². The Morgan fingerprint density at radius 1 is 1.30 bits per heavy atom. The van der Waals surface area contributed by atoms with E-state index in [0.717, 1.165) is 11.1 Å². The summed E-state index contributed by atoms with van der Waals surface area (Å²) in [5.74, 6) is 0.656. The summed E-state index contributed by atoms with van der Waals surface area (Å²) in [5, 5.41) is 14.1. The van der Waals surface area contributed by atoms with Crippen LogP contribution in [-0.2, 0) is 10.5 Å². The smallest absolute Gasteiger partial charge is 0.269 e. The zero-order chi connectivity index (χ0) is 16.8. The average molecular weight is 351 g/mol. The van der Waals surface area contributed by atoms with Crippen molar-refractivity contribution in [3.63, 3.8) is 0 Å². The highest BCUT2D eigenvalue weighted by Crippen LogP contribution is 2.21. The maximum Gasteiger partial charge on any atom is 0.269 e. The number of benzene rings is 2. The van der Waals surface area contributed by atoms with Crippen LogP contribution in [0.2, 0.25) is 5.02 Å². The van der Waals surface area contributed by atoms with Crippen molar-refractivity contribution in [2.24, 2.45) is 0 Å². The van der Waals surface area contributed by atoms with Gasteiger partial charge in [-0.1, -0.05) is 29.8 Å². The van der Waals surface area contributed by atoms with Crippen molar-refractivity contribution in [2.45, 2.75) is 12.7 Å². The van der Waals surface area contributed by atoms with Crippen LogP contribution in [0.25, 0.3) is 0 Å². The summed E-state index contributed by atoms with van der Waals surface area (Å²) in [6, 6.07) is 11.7. The van der Waals surface area contributed by atoms with Gasteiger partial charge in [0.05, 0.1) is 10.7 Å². The third-order valence-electron chi connectivity index (χ3n) is 3.10. The zero-order valence-electron chi connectivity index (χ0n) is 12.4. The Hall–Kier alpha value is -2.05. The van der Waals surface area contributed by atoms with Crippen molar-refractivity contribution in [3.05, 3.63) is 68.7 Å². The molecule has 1 amide bonds. The number of nitrogens with one attached hydrogen (secondary N) is 1. The highest BCUT2D eigenvalue weighted by atomic mass is 35.5. The molecular weight excluding hydrogens is 336 g/mol. The van der Waals surface area contributed by atoms with Crippen LogP contribution in [0.4, 0.5) is 11.4 Å². The lowest BCUT2D eigenvalue weighted by molar-refractivity contribution is -0.384. The number of thioether (sulfide) groups is 1. The van der Waals surface area contributed by atoms with Gasteiger partial charge in [0.1, 0.15) is 0 Å². The van der Waals surface area contributed by atoms with Gasteiger partial charge in [0.2, 0.25) is 5.91 Å². The molecule has 120 valence electrons. The van der Waals surface area contributed by atoms with Crippen LogP contribution in [-0.4, -0.2) is 16.6 Å². The second-order valence-corrected chi connectivity index (χ2v) is 6.35. The van der Waals surface area contributed by atoms with Gasteiger partial charge in [-0.2, -0.15) is 0 Å². The number of anilines is 1. The highest BCUT2D eigenvalue weighted by molar-refractivity contribution is 7.99. The van der Waals surface area contributed by atoms with Gasteiger partial charge in [0, 0.05) is 28.6 Å². The molecule has 0 aliphatic heterocycles. The van der Waals surface area contributed by atoms with E-state index >= 15 is 0 Å². The number of nitro groups is 1. The number of aryl methyl sites for hydroxylation is 1. The van der Waals surface area contributed by atoms with Crippen LogP contribution < -0.4 is 5.32 Å². The van der Waals surface area contributed by atoms with Crippen molar-refractivity contribution in [3.8, 4) is 0 Å². The maximum absolute atomic E-state index is 12.0. The third kappa shape index (κ3) is 5.26. The molecular formula is C16H15ClN2O3S. The summed E-state index contributed by atoms with van der Waals surface area (Å²) in [6.07, 6.45) is 0. The first kappa shape index (κ1) is 17.3. The second kappa shape index (κ2) is 7.99. The maximum atomic E-state index is 12.0. The largest absolute Gasteiger partial charge is 0.325 e. The van der Waals surface area contributed by atoms with Crippen molar-refractivity contribution in [2.75, 3.05) is 11.1 Å². The second-order valence-electron chi connectivity index (χ2n) is 4.93. The third-order valence-corrected chi connectivity index (χ3v) is 4.34. The SMILES string of the molecule is Cc1ccc(Cl)cc1NC(=O)CSCc1cccc([N+](=O)[O-])c1. The molecule has 7 heteroatoms. The molecule has 2 aromatic carbocycles. The van der Waals surface area contributed by atoms with Gasteiger partial charge in [0.15, 0.2) is 0 Å². The Balaban J connectivity index is 1.86. The molecule has 0 bridgehead atoms. The number of nitrogens with zero attached hydrogens (tertiary/aromatic N) is 1. The fourth-order valence-corrected chi connectivity index (χ4v) is 2.88. The molecule has 5 nitrogen and oxygen atoms in total. The fraction of sp³-hybridized carbons (Fsp3) is 0.188. The van der Waals surface area contributed by atoms with Gasteiger partial charge in [-0.3, -0.25) is 14.9 Å². The molecule has 0 saturated carbocycles. The lowest BCUT2D eigenvalue weighted by Gasteiger charge is -2.08. The summed E-state index contributed by atoms with van der Waals surface area (Å²) < 4.78 is 0. The van der Waals surface area contributed by atoms with Crippen LogP contribution in [0.15, 0.2) is 42.5 Å². The molecule has 0 aromatic heterocycles. The molecule has 0 saturated heterocycles. The fourth-order valence-electron chi connectivity index (χ4n) is 1.94. The standard InChI is InChI=1S/C16H15ClN2O3S/c1-11-5-6-13(17)8-15(11)18-16(20)10-23-9-12-3-2-4-14(7-12)19(21)22/h2-8H,9-10H2,1H3,(H,18,20).